The number of rotatable bonds is 7. The summed E-state index contributed by atoms with van der Waals surface area (Å²) in [6, 6.07) is 8.72. The molecular weight excluding hydrogens is 512 g/mol. The molecule has 10 heteroatoms. The lowest BCUT2D eigenvalue weighted by Gasteiger charge is -2.40. The predicted molar refractivity (Wildman–Crippen MR) is 144 cm³/mol. The molecular formula is C27H35ClN4O4S. The lowest BCUT2D eigenvalue weighted by molar-refractivity contribution is -0.146. The molecule has 200 valence electrons. The van der Waals surface area contributed by atoms with Crippen molar-refractivity contribution >= 4 is 44.2 Å². The van der Waals surface area contributed by atoms with E-state index in [2.05, 4.69) is 9.62 Å². The number of hydrogen-bond acceptors (Lipinski definition) is 5. The predicted octanol–water partition coefficient (Wildman–Crippen LogP) is 3.24. The maximum Gasteiger partial charge on any atom is 0.245 e. The molecule has 3 fully saturated rings. The van der Waals surface area contributed by atoms with Gasteiger partial charge in [-0.3, -0.25) is 9.59 Å². The Kier molecular flexibility index (Phi) is 7.77. The van der Waals surface area contributed by atoms with Crippen LogP contribution in [0.1, 0.15) is 45.4 Å². The van der Waals surface area contributed by atoms with E-state index >= 15 is 0 Å². The van der Waals surface area contributed by atoms with E-state index < -0.39 is 22.1 Å². The van der Waals surface area contributed by atoms with Crippen LogP contribution in [0.25, 0.3) is 10.8 Å². The van der Waals surface area contributed by atoms with Gasteiger partial charge in [0.1, 0.15) is 12.1 Å². The van der Waals surface area contributed by atoms with E-state index in [-0.39, 0.29) is 22.8 Å². The minimum Gasteiger partial charge on any atom is -0.337 e. The number of amides is 2. The molecule has 0 saturated carbocycles. The molecule has 3 aliphatic rings. The first-order valence-corrected chi connectivity index (χ1v) is 15.1. The summed E-state index contributed by atoms with van der Waals surface area (Å²) in [6.45, 7) is 5.91. The number of likely N-dealkylation sites (tertiary alicyclic amines) is 3. The molecule has 3 heterocycles. The molecule has 0 bridgehead atoms. The first-order chi connectivity index (χ1) is 17.7. The molecule has 5 rings (SSSR count). The second kappa shape index (κ2) is 10.9. The van der Waals surface area contributed by atoms with Gasteiger partial charge in [-0.1, -0.05) is 23.7 Å². The third-order valence-electron chi connectivity index (χ3n) is 8.02. The number of nitrogens with zero attached hydrogens (tertiary/aromatic N) is 3. The number of benzene rings is 2. The van der Waals surface area contributed by atoms with Crippen molar-refractivity contribution in [1.29, 1.82) is 0 Å². The van der Waals surface area contributed by atoms with E-state index in [1.54, 1.807) is 42.2 Å². The maximum absolute atomic E-state index is 13.5. The number of sulfonamides is 1. The van der Waals surface area contributed by atoms with Crippen molar-refractivity contribution < 1.29 is 18.0 Å². The average molecular weight is 547 g/mol. The molecule has 1 N–H and O–H groups in total. The summed E-state index contributed by atoms with van der Waals surface area (Å²) in [5.41, 5.74) is 0. The molecule has 2 aromatic carbocycles. The standard InChI is InChI=1S/C27H35ClN4O4S/c1-19(26(33)32-14-3-2-6-23(32)18-30-12-4-5-13-30)31-15-11-25(27(31)34)29-37(35,36)24-10-8-20-16-22(28)9-7-21(20)17-24/h7-10,16-17,19,23,25,29H,2-6,11-15,18H2,1H3/t19-,23?,25-/m0/s1. The average Bonchev–Trinajstić information content (AvgIpc) is 3.52. The smallest absolute Gasteiger partial charge is 0.245 e. The van der Waals surface area contributed by atoms with Crippen molar-refractivity contribution in [1.82, 2.24) is 19.4 Å². The lowest BCUT2D eigenvalue weighted by atomic mass is 10.0. The molecule has 3 atom stereocenters. The van der Waals surface area contributed by atoms with Crippen LogP contribution in [-0.4, -0.2) is 85.8 Å². The first-order valence-electron chi connectivity index (χ1n) is 13.3. The molecule has 0 radical (unpaired) electrons. The Morgan fingerprint density at radius 2 is 1.70 bits per heavy atom. The number of fused-ring (bicyclic) bond motifs is 1. The van der Waals surface area contributed by atoms with Gasteiger partial charge in [-0.15, -0.1) is 0 Å². The van der Waals surface area contributed by atoms with E-state index in [0.717, 1.165) is 49.7 Å². The Morgan fingerprint density at radius 1 is 1.00 bits per heavy atom. The Hall–Kier alpha value is -2.20. The van der Waals surface area contributed by atoms with Gasteiger partial charge in [0.25, 0.3) is 0 Å². The highest BCUT2D eigenvalue weighted by Gasteiger charge is 2.41. The minimum absolute atomic E-state index is 0.0334. The van der Waals surface area contributed by atoms with Crippen LogP contribution in [-0.2, 0) is 19.6 Å². The Bertz CT molecular complexity index is 1280. The number of carbonyl (C=O) groups is 2. The molecule has 3 aliphatic heterocycles. The highest BCUT2D eigenvalue weighted by molar-refractivity contribution is 7.89. The molecule has 0 aromatic heterocycles. The monoisotopic (exact) mass is 546 g/mol. The van der Waals surface area contributed by atoms with Crippen LogP contribution in [0.5, 0.6) is 0 Å². The summed E-state index contributed by atoms with van der Waals surface area (Å²) >= 11 is 6.03. The first kappa shape index (κ1) is 26.4. The number of hydrogen-bond donors (Lipinski definition) is 1. The summed E-state index contributed by atoms with van der Waals surface area (Å²) in [7, 11) is -3.92. The van der Waals surface area contributed by atoms with Gasteiger partial charge in [0.15, 0.2) is 0 Å². The fourth-order valence-electron chi connectivity index (χ4n) is 5.93. The van der Waals surface area contributed by atoms with Gasteiger partial charge in [-0.2, -0.15) is 4.72 Å². The highest BCUT2D eigenvalue weighted by Crippen LogP contribution is 2.26. The molecule has 0 aliphatic carbocycles. The van der Waals surface area contributed by atoms with Crippen LogP contribution in [0.15, 0.2) is 41.3 Å². The number of halogens is 1. The van der Waals surface area contributed by atoms with Crippen molar-refractivity contribution in [3.8, 4) is 0 Å². The highest BCUT2D eigenvalue weighted by atomic mass is 35.5. The topological polar surface area (TPSA) is 90.0 Å². The van der Waals surface area contributed by atoms with Gasteiger partial charge in [0.2, 0.25) is 21.8 Å². The van der Waals surface area contributed by atoms with Crippen molar-refractivity contribution in [3.05, 3.63) is 41.4 Å². The molecule has 2 aromatic rings. The summed E-state index contributed by atoms with van der Waals surface area (Å²) < 4.78 is 28.8. The second-order valence-corrected chi connectivity index (χ2v) is 12.7. The molecule has 2 amide bonds. The number of carbonyl (C=O) groups excluding carboxylic acids is 2. The van der Waals surface area contributed by atoms with E-state index in [9.17, 15) is 18.0 Å². The Labute approximate surface area is 224 Å². The van der Waals surface area contributed by atoms with E-state index in [4.69, 9.17) is 11.6 Å². The third-order valence-corrected chi connectivity index (χ3v) is 9.73. The van der Waals surface area contributed by atoms with Crippen molar-refractivity contribution in [2.24, 2.45) is 0 Å². The quantitative estimate of drug-likeness (QED) is 0.576. The van der Waals surface area contributed by atoms with Crippen LogP contribution in [0, 0.1) is 0 Å². The second-order valence-electron chi connectivity index (χ2n) is 10.5. The zero-order valence-electron chi connectivity index (χ0n) is 21.2. The van der Waals surface area contributed by atoms with Gasteiger partial charge in [0.05, 0.1) is 4.90 Å². The van der Waals surface area contributed by atoms with Crippen LogP contribution in [0.4, 0.5) is 0 Å². The van der Waals surface area contributed by atoms with Gasteiger partial charge in [-0.25, -0.2) is 8.42 Å². The summed E-state index contributed by atoms with van der Waals surface area (Å²) in [6.07, 6.45) is 5.84. The fraction of sp³-hybridized carbons (Fsp3) is 0.556. The van der Waals surface area contributed by atoms with Crippen molar-refractivity contribution in [2.75, 3.05) is 32.7 Å². The SMILES string of the molecule is C[C@@H](C(=O)N1CCCCC1CN1CCCC1)N1CC[C@H](NS(=O)(=O)c2ccc3cc(Cl)ccc3c2)C1=O. The van der Waals surface area contributed by atoms with Crippen LogP contribution in [0.2, 0.25) is 5.02 Å². The number of piperidine rings is 1. The van der Waals surface area contributed by atoms with E-state index in [1.165, 1.54) is 18.9 Å². The summed E-state index contributed by atoms with van der Waals surface area (Å²) in [5, 5.41) is 2.16. The number of nitrogens with one attached hydrogen (secondary N) is 1. The fourth-order valence-corrected chi connectivity index (χ4v) is 7.37. The summed E-state index contributed by atoms with van der Waals surface area (Å²) in [5.74, 6) is -0.376. The van der Waals surface area contributed by atoms with Crippen molar-refractivity contribution in [3.63, 3.8) is 0 Å². The van der Waals surface area contributed by atoms with E-state index in [0.29, 0.717) is 24.5 Å². The largest absolute Gasteiger partial charge is 0.337 e. The normalized spacial score (nSPS) is 24.2. The van der Waals surface area contributed by atoms with Gasteiger partial charge in [-0.05, 0) is 93.6 Å². The molecule has 0 spiro atoms. The van der Waals surface area contributed by atoms with Gasteiger partial charge >= 0.3 is 0 Å². The molecule has 3 saturated heterocycles. The van der Waals surface area contributed by atoms with Gasteiger partial charge in [0, 0.05) is 30.7 Å². The molecule has 37 heavy (non-hydrogen) atoms. The van der Waals surface area contributed by atoms with Crippen LogP contribution >= 0.6 is 11.6 Å². The van der Waals surface area contributed by atoms with Crippen molar-refractivity contribution in [2.45, 2.75) is 68.5 Å². The molecule has 1 unspecified atom stereocenters. The zero-order valence-corrected chi connectivity index (χ0v) is 22.8. The van der Waals surface area contributed by atoms with Crippen LogP contribution < -0.4 is 4.72 Å². The Morgan fingerprint density at radius 3 is 2.49 bits per heavy atom. The Balaban J connectivity index is 1.25. The van der Waals surface area contributed by atoms with Crippen LogP contribution in [0.3, 0.4) is 0 Å². The van der Waals surface area contributed by atoms with Gasteiger partial charge < -0.3 is 14.7 Å². The maximum atomic E-state index is 13.5. The molecule has 8 nitrogen and oxygen atoms in total. The lowest BCUT2D eigenvalue weighted by Crippen LogP contribution is -2.56. The zero-order chi connectivity index (χ0) is 26.2. The van der Waals surface area contributed by atoms with E-state index in [1.807, 2.05) is 4.90 Å². The summed E-state index contributed by atoms with van der Waals surface area (Å²) in [4.78, 5) is 32.8. The minimum atomic E-state index is -3.92. The third kappa shape index (κ3) is 5.65.